The molecule has 3 nitrogen and oxygen atoms in total. The smallest absolute Gasteiger partial charge is 0.100 e. The number of aliphatic hydroxyl groups is 1. The molecule has 2 N–H and O–H groups in total. The first-order chi connectivity index (χ1) is 7.84. The van der Waals surface area contributed by atoms with Gasteiger partial charge < -0.3 is 10.4 Å². The molecule has 0 aliphatic rings. The first-order valence-corrected chi connectivity index (χ1v) is 6.25. The van der Waals surface area contributed by atoms with Gasteiger partial charge in [-0.05, 0) is 39.5 Å². The third kappa shape index (κ3) is 4.03. The number of nitrogens with zero attached hydrogens (tertiary/aromatic N) is 1. The van der Waals surface area contributed by atoms with Gasteiger partial charge in [-0.1, -0.05) is 20.8 Å². The summed E-state index contributed by atoms with van der Waals surface area (Å²) in [5, 5.41) is 21.8. The molecular formula is C13H17BrN2O. The molecule has 0 bridgehead atoms. The minimum Gasteiger partial charge on any atom is -0.391 e. The molecule has 92 valence electrons. The minimum absolute atomic E-state index is 0.142. The molecule has 0 saturated carbocycles. The van der Waals surface area contributed by atoms with Crippen LogP contribution in [0.3, 0.4) is 0 Å². The quantitative estimate of drug-likeness (QED) is 0.901. The molecule has 0 aromatic heterocycles. The summed E-state index contributed by atoms with van der Waals surface area (Å²) in [5.41, 5.74) is 1.35. The maximum Gasteiger partial charge on any atom is 0.100 e. The van der Waals surface area contributed by atoms with Crippen molar-refractivity contribution in [3.05, 3.63) is 28.2 Å². The maximum atomic E-state index is 9.89. The summed E-state index contributed by atoms with van der Waals surface area (Å²) in [6.07, 6.45) is -0.420. The van der Waals surface area contributed by atoms with E-state index in [1.54, 1.807) is 6.07 Å². The fourth-order valence-electron chi connectivity index (χ4n) is 1.24. The highest BCUT2D eigenvalue weighted by atomic mass is 79.9. The lowest BCUT2D eigenvalue weighted by Crippen LogP contribution is -2.32. The molecule has 0 saturated heterocycles. The lowest BCUT2D eigenvalue weighted by atomic mass is 9.89. The lowest BCUT2D eigenvalue weighted by Gasteiger charge is -2.26. The summed E-state index contributed by atoms with van der Waals surface area (Å²) in [5.74, 6) is 0. The average molecular weight is 297 g/mol. The summed E-state index contributed by atoms with van der Waals surface area (Å²) >= 11 is 3.33. The summed E-state index contributed by atoms with van der Waals surface area (Å²) in [4.78, 5) is 0. The first-order valence-electron chi connectivity index (χ1n) is 5.46. The molecule has 0 amide bonds. The average Bonchev–Trinajstić information content (AvgIpc) is 2.24. The van der Waals surface area contributed by atoms with E-state index in [-0.39, 0.29) is 5.41 Å². The van der Waals surface area contributed by atoms with Crippen molar-refractivity contribution in [2.75, 3.05) is 11.9 Å². The van der Waals surface area contributed by atoms with Crippen LogP contribution in [0.2, 0.25) is 0 Å². The minimum atomic E-state index is -0.420. The van der Waals surface area contributed by atoms with Crippen LogP contribution in [0, 0.1) is 16.7 Å². The lowest BCUT2D eigenvalue weighted by molar-refractivity contribution is 0.0746. The highest BCUT2D eigenvalue weighted by Gasteiger charge is 2.21. The van der Waals surface area contributed by atoms with Gasteiger partial charge in [-0.2, -0.15) is 5.26 Å². The van der Waals surface area contributed by atoms with Crippen LogP contribution >= 0.6 is 15.9 Å². The molecule has 0 spiro atoms. The maximum absolute atomic E-state index is 9.89. The van der Waals surface area contributed by atoms with Crippen molar-refractivity contribution in [1.29, 1.82) is 5.26 Å². The van der Waals surface area contributed by atoms with Gasteiger partial charge in [-0.15, -0.1) is 0 Å². The molecular weight excluding hydrogens is 280 g/mol. The largest absolute Gasteiger partial charge is 0.391 e. The van der Waals surface area contributed by atoms with Crippen molar-refractivity contribution in [3.63, 3.8) is 0 Å². The van der Waals surface area contributed by atoms with Gasteiger partial charge in [-0.3, -0.25) is 0 Å². The predicted molar refractivity (Wildman–Crippen MR) is 72.8 cm³/mol. The Labute approximate surface area is 111 Å². The van der Waals surface area contributed by atoms with Gasteiger partial charge in [0.1, 0.15) is 6.07 Å². The zero-order valence-corrected chi connectivity index (χ0v) is 11.9. The number of rotatable bonds is 3. The molecule has 1 aromatic rings. The van der Waals surface area contributed by atoms with Gasteiger partial charge in [0.25, 0.3) is 0 Å². The van der Waals surface area contributed by atoms with E-state index in [1.165, 1.54) is 0 Å². The van der Waals surface area contributed by atoms with Crippen LogP contribution in [-0.2, 0) is 0 Å². The van der Waals surface area contributed by atoms with Crippen molar-refractivity contribution < 1.29 is 5.11 Å². The van der Waals surface area contributed by atoms with Crippen LogP contribution in [0.1, 0.15) is 26.3 Å². The fourth-order valence-corrected chi connectivity index (χ4v) is 1.70. The van der Waals surface area contributed by atoms with E-state index in [0.29, 0.717) is 12.1 Å². The van der Waals surface area contributed by atoms with Crippen LogP contribution in [-0.4, -0.2) is 17.8 Å². The van der Waals surface area contributed by atoms with Crippen molar-refractivity contribution in [3.8, 4) is 6.07 Å². The number of benzene rings is 1. The van der Waals surface area contributed by atoms with Crippen LogP contribution in [0.25, 0.3) is 0 Å². The Bertz CT molecular complexity index is 432. The van der Waals surface area contributed by atoms with Crippen LogP contribution < -0.4 is 5.32 Å². The Morgan fingerprint density at radius 1 is 1.47 bits per heavy atom. The van der Waals surface area contributed by atoms with Gasteiger partial charge in [-0.25, -0.2) is 0 Å². The Hall–Kier alpha value is -1.05. The van der Waals surface area contributed by atoms with E-state index in [9.17, 15) is 5.11 Å². The fraction of sp³-hybridized carbons (Fsp3) is 0.462. The number of hydrogen-bond donors (Lipinski definition) is 2. The Morgan fingerprint density at radius 3 is 2.59 bits per heavy atom. The van der Waals surface area contributed by atoms with Crippen LogP contribution in [0.15, 0.2) is 22.7 Å². The van der Waals surface area contributed by atoms with Crippen LogP contribution in [0.4, 0.5) is 5.69 Å². The third-order valence-corrected chi connectivity index (χ3v) is 3.24. The summed E-state index contributed by atoms with van der Waals surface area (Å²) in [7, 11) is 0. The number of hydrogen-bond acceptors (Lipinski definition) is 3. The number of anilines is 1. The zero-order valence-electron chi connectivity index (χ0n) is 10.3. The second-order valence-electron chi connectivity index (χ2n) is 5.07. The van der Waals surface area contributed by atoms with E-state index in [2.05, 4.69) is 27.3 Å². The molecule has 0 fully saturated rings. The van der Waals surface area contributed by atoms with E-state index in [1.807, 2.05) is 32.9 Å². The van der Waals surface area contributed by atoms with E-state index in [0.717, 1.165) is 10.2 Å². The Kier molecular flexibility index (Phi) is 4.55. The Balaban J connectivity index is 2.66. The first kappa shape index (κ1) is 14.0. The number of nitrogens with one attached hydrogen (secondary N) is 1. The molecule has 4 heteroatoms. The van der Waals surface area contributed by atoms with Crippen molar-refractivity contribution in [2.45, 2.75) is 26.9 Å². The van der Waals surface area contributed by atoms with Crippen molar-refractivity contribution in [1.82, 2.24) is 0 Å². The SMILES string of the molecule is CC(C)(C)C(O)CNc1ccc(C#N)c(Br)c1. The topological polar surface area (TPSA) is 56.0 Å². The molecule has 1 atom stereocenters. The monoisotopic (exact) mass is 296 g/mol. The molecule has 0 aliphatic carbocycles. The van der Waals surface area contributed by atoms with Gasteiger partial charge >= 0.3 is 0 Å². The molecule has 0 heterocycles. The highest BCUT2D eigenvalue weighted by molar-refractivity contribution is 9.10. The third-order valence-electron chi connectivity index (χ3n) is 2.59. The van der Waals surface area contributed by atoms with E-state index < -0.39 is 6.10 Å². The Morgan fingerprint density at radius 2 is 2.12 bits per heavy atom. The van der Waals surface area contributed by atoms with E-state index >= 15 is 0 Å². The summed E-state index contributed by atoms with van der Waals surface area (Å²) in [6.45, 7) is 6.47. The van der Waals surface area contributed by atoms with Crippen LogP contribution in [0.5, 0.6) is 0 Å². The van der Waals surface area contributed by atoms with Gasteiger partial charge in [0.05, 0.1) is 11.7 Å². The number of halogens is 1. The molecule has 1 rings (SSSR count). The molecule has 1 unspecified atom stereocenters. The summed E-state index contributed by atoms with van der Waals surface area (Å²) in [6, 6.07) is 7.51. The molecule has 0 radical (unpaired) electrons. The molecule has 0 aliphatic heterocycles. The van der Waals surface area contributed by atoms with E-state index in [4.69, 9.17) is 5.26 Å². The molecule has 1 aromatic carbocycles. The second kappa shape index (κ2) is 5.52. The number of aliphatic hydroxyl groups excluding tert-OH is 1. The molecule has 17 heavy (non-hydrogen) atoms. The van der Waals surface area contributed by atoms with Gasteiger partial charge in [0, 0.05) is 16.7 Å². The normalized spacial score (nSPS) is 12.9. The standard InChI is InChI=1S/C13H17BrN2O/c1-13(2,3)12(17)8-16-10-5-4-9(7-15)11(14)6-10/h4-6,12,16-17H,8H2,1-3H3. The predicted octanol–water partition coefficient (Wildman–Crippen LogP) is 3.14. The van der Waals surface area contributed by atoms with Gasteiger partial charge in [0.15, 0.2) is 0 Å². The van der Waals surface area contributed by atoms with Gasteiger partial charge in [0.2, 0.25) is 0 Å². The second-order valence-corrected chi connectivity index (χ2v) is 5.92. The summed E-state index contributed by atoms with van der Waals surface area (Å²) < 4.78 is 0.759. The highest BCUT2D eigenvalue weighted by Crippen LogP contribution is 2.23. The number of nitriles is 1. The zero-order chi connectivity index (χ0) is 13.1. The van der Waals surface area contributed by atoms with Crippen molar-refractivity contribution in [2.24, 2.45) is 5.41 Å². The van der Waals surface area contributed by atoms with Crippen molar-refractivity contribution >= 4 is 21.6 Å².